The number of nitrogens with zero attached hydrogens (tertiary/aromatic N) is 1. The van der Waals surface area contributed by atoms with Gasteiger partial charge in [0.1, 0.15) is 19.3 Å². The van der Waals surface area contributed by atoms with Crippen LogP contribution in [0.1, 0.15) is 10.4 Å². The molecule has 0 amide bonds. The van der Waals surface area contributed by atoms with Crippen LogP contribution in [0.5, 0.6) is 11.5 Å². The SMILES string of the molecule is N#CC(=C(Cl)c1ccc2c(c1)OCCO2)c1cccs1. The van der Waals surface area contributed by atoms with E-state index in [1.54, 1.807) is 0 Å². The monoisotopic (exact) mass is 303 g/mol. The third kappa shape index (κ3) is 2.38. The van der Waals surface area contributed by atoms with E-state index in [9.17, 15) is 5.26 Å². The van der Waals surface area contributed by atoms with Gasteiger partial charge in [-0.2, -0.15) is 5.26 Å². The zero-order valence-corrected chi connectivity index (χ0v) is 12.0. The Hall–Kier alpha value is -1.96. The number of allylic oxidation sites excluding steroid dienone is 1. The molecule has 0 bridgehead atoms. The van der Waals surface area contributed by atoms with Crippen LogP contribution in [0.25, 0.3) is 10.6 Å². The molecule has 0 aliphatic carbocycles. The van der Waals surface area contributed by atoms with Gasteiger partial charge >= 0.3 is 0 Å². The van der Waals surface area contributed by atoms with E-state index in [2.05, 4.69) is 6.07 Å². The highest BCUT2D eigenvalue weighted by Gasteiger charge is 2.15. The number of hydrogen-bond donors (Lipinski definition) is 0. The van der Waals surface area contributed by atoms with Crippen molar-refractivity contribution < 1.29 is 9.47 Å². The molecule has 0 radical (unpaired) electrons. The second-order valence-electron chi connectivity index (χ2n) is 4.14. The first-order valence-corrected chi connectivity index (χ1v) is 7.29. The van der Waals surface area contributed by atoms with Crippen LogP contribution in [0, 0.1) is 11.3 Å². The summed E-state index contributed by atoms with van der Waals surface area (Å²) in [5.41, 5.74) is 1.22. The van der Waals surface area contributed by atoms with Crippen molar-refractivity contribution in [3.05, 3.63) is 46.2 Å². The molecule has 0 saturated heterocycles. The lowest BCUT2D eigenvalue weighted by molar-refractivity contribution is 0.171. The fraction of sp³-hybridized carbons (Fsp3) is 0.133. The molecule has 1 aromatic heterocycles. The number of nitriles is 1. The first-order chi connectivity index (χ1) is 9.79. The second kappa shape index (κ2) is 5.58. The van der Waals surface area contributed by atoms with Gasteiger partial charge in [-0.05, 0) is 35.2 Å². The van der Waals surface area contributed by atoms with E-state index >= 15 is 0 Å². The maximum atomic E-state index is 9.33. The Balaban J connectivity index is 2.06. The fourth-order valence-corrected chi connectivity index (χ4v) is 3.00. The lowest BCUT2D eigenvalue weighted by Crippen LogP contribution is -2.15. The molecule has 0 unspecified atom stereocenters. The number of rotatable bonds is 2. The van der Waals surface area contributed by atoms with Crippen LogP contribution in [0.3, 0.4) is 0 Å². The normalized spacial score (nSPS) is 14.4. The third-order valence-electron chi connectivity index (χ3n) is 2.89. The van der Waals surface area contributed by atoms with Crippen LogP contribution in [-0.2, 0) is 0 Å². The van der Waals surface area contributed by atoms with Crippen LogP contribution >= 0.6 is 22.9 Å². The summed E-state index contributed by atoms with van der Waals surface area (Å²) in [4.78, 5) is 0.854. The maximum absolute atomic E-state index is 9.33. The van der Waals surface area contributed by atoms with Crippen molar-refractivity contribution in [2.24, 2.45) is 0 Å². The first kappa shape index (κ1) is 13.0. The number of fused-ring (bicyclic) bond motifs is 1. The van der Waals surface area contributed by atoms with E-state index in [1.807, 2.05) is 35.7 Å². The Morgan fingerprint density at radius 3 is 2.70 bits per heavy atom. The highest BCUT2D eigenvalue weighted by molar-refractivity contribution is 7.11. The molecule has 2 heterocycles. The van der Waals surface area contributed by atoms with Gasteiger partial charge in [-0.25, -0.2) is 0 Å². The summed E-state index contributed by atoms with van der Waals surface area (Å²) in [6.45, 7) is 1.07. The number of thiophene rings is 1. The summed E-state index contributed by atoms with van der Waals surface area (Å²) in [5, 5.41) is 11.7. The van der Waals surface area contributed by atoms with Crippen molar-refractivity contribution in [3.63, 3.8) is 0 Å². The minimum Gasteiger partial charge on any atom is -0.486 e. The second-order valence-corrected chi connectivity index (χ2v) is 5.46. The quantitative estimate of drug-likeness (QED) is 0.783. The maximum Gasteiger partial charge on any atom is 0.162 e. The van der Waals surface area contributed by atoms with Crippen molar-refractivity contribution >= 4 is 33.5 Å². The largest absolute Gasteiger partial charge is 0.486 e. The molecule has 3 rings (SSSR count). The Morgan fingerprint density at radius 1 is 1.20 bits per heavy atom. The van der Waals surface area contributed by atoms with E-state index in [0.717, 1.165) is 10.4 Å². The van der Waals surface area contributed by atoms with E-state index in [0.29, 0.717) is 35.3 Å². The summed E-state index contributed by atoms with van der Waals surface area (Å²) < 4.78 is 11.0. The molecule has 1 aromatic carbocycles. The minimum atomic E-state index is 0.423. The van der Waals surface area contributed by atoms with Gasteiger partial charge in [0.2, 0.25) is 0 Å². The number of hydrogen-bond acceptors (Lipinski definition) is 4. The molecule has 5 heteroatoms. The van der Waals surface area contributed by atoms with Gasteiger partial charge in [0, 0.05) is 4.88 Å². The third-order valence-corrected chi connectivity index (χ3v) is 4.19. The average Bonchev–Trinajstić information content (AvgIpc) is 3.01. The molecule has 0 atom stereocenters. The van der Waals surface area contributed by atoms with Gasteiger partial charge in [-0.1, -0.05) is 17.7 Å². The van der Waals surface area contributed by atoms with Crippen molar-refractivity contribution in [1.82, 2.24) is 0 Å². The van der Waals surface area contributed by atoms with Gasteiger partial charge in [-0.3, -0.25) is 0 Å². The molecule has 1 aliphatic heterocycles. The Labute approximate surface area is 125 Å². The lowest BCUT2D eigenvalue weighted by atomic mass is 10.1. The van der Waals surface area contributed by atoms with Crippen molar-refractivity contribution in [1.29, 1.82) is 5.26 Å². The topological polar surface area (TPSA) is 42.2 Å². The molecule has 1 aliphatic rings. The number of ether oxygens (including phenoxy) is 2. The van der Waals surface area contributed by atoms with Gasteiger partial charge < -0.3 is 9.47 Å². The van der Waals surface area contributed by atoms with Crippen LogP contribution in [-0.4, -0.2) is 13.2 Å². The molecular formula is C15H10ClNO2S. The zero-order valence-electron chi connectivity index (χ0n) is 10.4. The lowest BCUT2D eigenvalue weighted by Gasteiger charge is -2.18. The Morgan fingerprint density at radius 2 is 2.00 bits per heavy atom. The smallest absolute Gasteiger partial charge is 0.162 e. The molecule has 20 heavy (non-hydrogen) atoms. The molecule has 100 valence electrons. The predicted octanol–water partition coefficient (Wildman–Crippen LogP) is 4.15. The van der Waals surface area contributed by atoms with Gasteiger partial charge in [0.25, 0.3) is 0 Å². The fourth-order valence-electron chi connectivity index (χ4n) is 1.96. The molecular weight excluding hydrogens is 294 g/mol. The van der Waals surface area contributed by atoms with E-state index in [-0.39, 0.29) is 0 Å². The van der Waals surface area contributed by atoms with Crippen molar-refractivity contribution in [3.8, 4) is 17.6 Å². The summed E-state index contributed by atoms with van der Waals surface area (Å²) in [5.74, 6) is 1.37. The van der Waals surface area contributed by atoms with Crippen LogP contribution in [0.2, 0.25) is 0 Å². The van der Waals surface area contributed by atoms with E-state index < -0.39 is 0 Å². The van der Waals surface area contributed by atoms with Crippen molar-refractivity contribution in [2.75, 3.05) is 13.2 Å². The van der Waals surface area contributed by atoms with E-state index in [4.69, 9.17) is 21.1 Å². The predicted molar refractivity (Wildman–Crippen MR) is 80.0 cm³/mol. The molecule has 0 saturated carbocycles. The van der Waals surface area contributed by atoms with Gasteiger partial charge in [0.05, 0.1) is 10.6 Å². The highest BCUT2D eigenvalue weighted by Crippen LogP contribution is 2.37. The summed E-state index contributed by atoms with van der Waals surface area (Å²) in [6, 6.07) is 11.4. The standard InChI is InChI=1S/C15H10ClNO2S/c16-15(11(9-17)14-2-1-7-20-14)10-3-4-12-13(8-10)19-6-5-18-12/h1-4,7-8H,5-6H2. The molecule has 0 spiro atoms. The minimum absolute atomic E-state index is 0.423. The van der Waals surface area contributed by atoms with Gasteiger partial charge in [-0.15, -0.1) is 11.3 Å². The summed E-state index contributed by atoms with van der Waals surface area (Å²) in [7, 11) is 0. The molecule has 2 aromatic rings. The van der Waals surface area contributed by atoms with Crippen LogP contribution in [0.15, 0.2) is 35.7 Å². The summed E-state index contributed by atoms with van der Waals surface area (Å²) in [6.07, 6.45) is 0. The van der Waals surface area contributed by atoms with Crippen LogP contribution in [0.4, 0.5) is 0 Å². The van der Waals surface area contributed by atoms with Crippen molar-refractivity contribution in [2.45, 2.75) is 0 Å². The Bertz CT molecular complexity index is 701. The molecule has 0 N–H and O–H groups in total. The van der Waals surface area contributed by atoms with Crippen LogP contribution < -0.4 is 9.47 Å². The van der Waals surface area contributed by atoms with Gasteiger partial charge in [0.15, 0.2) is 11.5 Å². The molecule has 0 fully saturated rings. The van der Waals surface area contributed by atoms with E-state index in [1.165, 1.54) is 11.3 Å². The number of halogens is 1. The average molecular weight is 304 g/mol. The highest BCUT2D eigenvalue weighted by atomic mass is 35.5. The summed E-state index contributed by atoms with van der Waals surface area (Å²) >= 11 is 7.86. The Kier molecular flexibility index (Phi) is 3.64. The first-order valence-electron chi connectivity index (χ1n) is 6.03. The number of benzene rings is 1. The molecule has 3 nitrogen and oxygen atoms in total. The zero-order chi connectivity index (χ0) is 13.9.